The molecule has 5 aromatic rings. The Morgan fingerprint density at radius 2 is 1.66 bits per heavy atom. The fraction of sp³-hybridized carbons (Fsp3) is 0.207. The van der Waals surface area contributed by atoms with Gasteiger partial charge in [0, 0.05) is 53.4 Å². The summed E-state index contributed by atoms with van der Waals surface area (Å²) in [7, 11) is 0. The van der Waals surface area contributed by atoms with E-state index in [1.54, 1.807) is 12.4 Å². The second-order valence-electron chi connectivity index (χ2n) is 9.01. The number of aromatic nitrogens is 4. The summed E-state index contributed by atoms with van der Waals surface area (Å²) in [6.07, 6.45) is 9.56. The van der Waals surface area contributed by atoms with E-state index in [0.717, 1.165) is 71.2 Å². The number of nitrogens with zero attached hydrogens (tertiary/aromatic N) is 5. The molecule has 2 N–H and O–H groups in total. The van der Waals surface area contributed by atoms with Gasteiger partial charge in [-0.05, 0) is 79.9 Å². The van der Waals surface area contributed by atoms with Gasteiger partial charge in [0.25, 0.3) is 0 Å². The van der Waals surface area contributed by atoms with Gasteiger partial charge < -0.3 is 10.6 Å². The summed E-state index contributed by atoms with van der Waals surface area (Å²) in [4.78, 5) is 15.8. The molecule has 35 heavy (non-hydrogen) atoms. The van der Waals surface area contributed by atoms with Crippen LogP contribution in [0, 0.1) is 17.8 Å². The van der Waals surface area contributed by atoms with E-state index < -0.39 is 0 Å². The smallest absolute Gasteiger partial charge is 0.108 e. The predicted molar refractivity (Wildman–Crippen MR) is 141 cm³/mol. The quantitative estimate of drug-likeness (QED) is 0.402. The maximum atomic E-state index is 5.86. The lowest BCUT2D eigenvalue weighted by Gasteiger charge is -2.33. The topological polar surface area (TPSA) is 72.9 Å². The first-order valence-electron chi connectivity index (χ1n) is 12.0. The third-order valence-electron chi connectivity index (χ3n) is 6.83. The Bertz CT molecular complexity index is 1540. The van der Waals surface area contributed by atoms with Crippen LogP contribution in [0.1, 0.15) is 24.0 Å². The molecule has 3 aromatic heterocycles. The molecule has 0 unspecified atom stereocenters. The van der Waals surface area contributed by atoms with Crippen LogP contribution in [-0.4, -0.2) is 39.2 Å². The minimum absolute atomic E-state index is 0.656. The van der Waals surface area contributed by atoms with Crippen LogP contribution in [-0.2, 0) is 0 Å². The van der Waals surface area contributed by atoms with Crippen molar-refractivity contribution in [2.75, 3.05) is 24.5 Å². The highest BCUT2D eigenvalue weighted by Crippen LogP contribution is 2.28. The molecular formula is C29H26N6. The fourth-order valence-corrected chi connectivity index (χ4v) is 4.80. The standard InChI is InChI=1S/C29H26N6/c30-17-22-11-14-34(15-12-22)24-6-8-25(9-7-24)35-20-33-28-19-32-27-10-5-21(16-26(27)29(28)35)3-4-23-2-1-13-31-18-23/h1-2,5-10,13,16,18-20,22H,11-12,14-15,17,30H2. The normalized spacial score (nSPS) is 14.3. The lowest BCUT2D eigenvalue weighted by Crippen LogP contribution is -2.36. The summed E-state index contributed by atoms with van der Waals surface area (Å²) in [5.74, 6) is 7.11. The lowest BCUT2D eigenvalue weighted by atomic mass is 9.97. The molecule has 6 heteroatoms. The molecule has 0 atom stereocenters. The number of fused-ring (bicyclic) bond motifs is 3. The molecule has 1 saturated heterocycles. The van der Waals surface area contributed by atoms with Crippen LogP contribution < -0.4 is 10.6 Å². The lowest BCUT2D eigenvalue weighted by molar-refractivity contribution is 0.414. The van der Waals surface area contributed by atoms with Gasteiger partial charge in [0.05, 0.1) is 17.2 Å². The number of piperidine rings is 1. The Morgan fingerprint density at radius 1 is 0.857 bits per heavy atom. The van der Waals surface area contributed by atoms with Crippen LogP contribution in [0.4, 0.5) is 5.69 Å². The summed E-state index contributed by atoms with van der Waals surface area (Å²) in [6.45, 7) is 2.92. The Kier molecular flexibility index (Phi) is 5.61. The van der Waals surface area contributed by atoms with Crippen molar-refractivity contribution in [3.63, 3.8) is 0 Å². The second-order valence-corrected chi connectivity index (χ2v) is 9.01. The summed E-state index contributed by atoms with van der Waals surface area (Å²) in [5.41, 5.74) is 12.8. The molecule has 0 spiro atoms. The number of imidazole rings is 1. The first-order chi connectivity index (χ1) is 17.3. The average molecular weight is 459 g/mol. The number of nitrogens with two attached hydrogens (primary N) is 1. The zero-order valence-corrected chi connectivity index (χ0v) is 19.4. The molecule has 1 fully saturated rings. The number of hydrogen-bond acceptors (Lipinski definition) is 5. The van der Waals surface area contributed by atoms with Gasteiger partial charge in [0.15, 0.2) is 0 Å². The van der Waals surface area contributed by atoms with E-state index in [4.69, 9.17) is 5.73 Å². The molecule has 1 aliphatic rings. The van der Waals surface area contributed by atoms with Gasteiger partial charge in [0.1, 0.15) is 11.8 Å². The van der Waals surface area contributed by atoms with Gasteiger partial charge >= 0.3 is 0 Å². The number of pyridine rings is 2. The minimum Gasteiger partial charge on any atom is -0.372 e. The van der Waals surface area contributed by atoms with E-state index in [-0.39, 0.29) is 0 Å². The molecule has 0 radical (unpaired) electrons. The second kappa shape index (κ2) is 9.21. The SMILES string of the molecule is NCC1CCN(c2ccc(-n3cnc4cnc5ccc(C#Cc6cccnc6)cc5c43)cc2)CC1. The molecule has 6 nitrogen and oxygen atoms in total. The Morgan fingerprint density at radius 3 is 2.43 bits per heavy atom. The van der Waals surface area contributed by atoms with Gasteiger partial charge in [0.2, 0.25) is 0 Å². The van der Waals surface area contributed by atoms with E-state index in [1.165, 1.54) is 5.69 Å². The first-order valence-corrected chi connectivity index (χ1v) is 12.0. The third kappa shape index (κ3) is 4.23. The molecule has 0 amide bonds. The molecule has 4 heterocycles. The van der Waals surface area contributed by atoms with E-state index in [0.29, 0.717) is 5.92 Å². The number of rotatable bonds is 3. The van der Waals surface area contributed by atoms with Crippen molar-refractivity contribution < 1.29 is 0 Å². The predicted octanol–water partition coefficient (Wildman–Crippen LogP) is 4.54. The van der Waals surface area contributed by atoms with Crippen molar-refractivity contribution in [1.29, 1.82) is 0 Å². The Hall–Kier alpha value is -4.21. The molecule has 0 bridgehead atoms. The van der Waals surface area contributed by atoms with Crippen LogP contribution in [0.3, 0.4) is 0 Å². The third-order valence-corrected chi connectivity index (χ3v) is 6.83. The molecule has 2 aromatic carbocycles. The Labute approximate surface area is 204 Å². The van der Waals surface area contributed by atoms with E-state index in [2.05, 4.69) is 66.6 Å². The van der Waals surface area contributed by atoms with Crippen molar-refractivity contribution >= 4 is 27.6 Å². The maximum Gasteiger partial charge on any atom is 0.108 e. The van der Waals surface area contributed by atoms with Crippen LogP contribution in [0.2, 0.25) is 0 Å². The van der Waals surface area contributed by atoms with Crippen LogP contribution in [0.25, 0.3) is 27.6 Å². The highest BCUT2D eigenvalue weighted by molar-refractivity contribution is 6.03. The molecule has 0 aliphatic carbocycles. The average Bonchev–Trinajstić information content (AvgIpc) is 3.37. The van der Waals surface area contributed by atoms with Crippen LogP contribution in [0.15, 0.2) is 79.5 Å². The van der Waals surface area contributed by atoms with Crippen LogP contribution >= 0.6 is 0 Å². The molecular weight excluding hydrogens is 432 g/mol. The summed E-state index contributed by atoms with van der Waals surface area (Å²) >= 11 is 0. The number of anilines is 1. The summed E-state index contributed by atoms with van der Waals surface area (Å²) in [5, 5.41) is 1.03. The van der Waals surface area contributed by atoms with Gasteiger partial charge in [-0.2, -0.15) is 0 Å². The minimum atomic E-state index is 0.656. The molecule has 6 rings (SSSR count). The largest absolute Gasteiger partial charge is 0.372 e. The zero-order valence-electron chi connectivity index (χ0n) is 19.4. The van der Waals surface area contributed by atoms with Crippen molar-refractivity contribution in [2.24, 2.45) is 11.7 Å². The van der Waals surface area contributed by atoms with Crippen molar-refractivity contribution in [1.82, 2.24) is 19.5 Å². The molecule has 172 valence electrons. The highest BCUT2D eigenvalue weighted by Gasteiger charge is 2.18. The van der Waals surface area contributed by atoms with Gasteiger partial charge in [-0.15, -0.1) is 0 Å². The number of benzene rings is 2. The fourth-order valence-electron chi connectivity index (χ4n) is 4.80. The number of hydrogen-bond donors (Lipinski definition) is 1. The van der Waals surface area contributed by atoms with Crippen molar-refractivity contribution in [3.05, 3.63) is 90.6 Å². The summed E-state index contributed by atoms with van der Waals surface area (Å²) in [6, 6.07) is 18.7. The highest BCUT2D eigenvalue weighted by atomic mass is 15.1. The summed E-state index contributed by atoms with van der Waals surface area (Å²) < 4.78 is 2.14. The monoisotopic (exact) mass is 458 g/mol. The van der Waals surface area contributed by atoms with Crippen molar-refractivity contribution in [2.45, 2.75) is 12.8 Å². The van der Waals surface area contributed by atoms with Gasteiger partial charge in [-0.3, -0.25) is 14.5 Å². The van der Waals surface area contributed by atoms with Gasteiger partial charge in [-0.1, -0.05) is 11.8 Å². The molecule has 0 saturated carbocycles. The first kappa shape index (κ1) is 21.3. The maximum absolute atomic E-state index is 5.86. The molecule has 1 aliphatic heterocycles. The van der Waals surface area contributed by atoms with E-state index >= 15 is 0 Å². The van der Waals surface area contributed by atoms with E-state index in [9.17, 15) is 0 Å². The van der Waals surface area contributed by atoms with Gasteiger partial charge in [-0.25, -0.2) is 4.98 Å². The van der Waals surface area contributed by atoms with E-state index in [1.807, 2.05) is 36.8 Å². The van der Waals surface area contributed by atoms with Crippen LogP contribution in [0.5, 0.6) is 0 Å². The van der Waals surface area contributed by atoms with Crippen molar-refractivity contribution in [3.8, 4) is 17.5 Å². The Balaban J connectivity index is 1.35. The zero-order chi connectivity index (χ0) is 23.6.